The summed E-state index contributed by atoms with van der Waals surface area (Å²) in [6.07, 6.45) is 4.91. The summed E-state index contributed by atoms with van der Waals surface area (Å²) in [5.74, 6) is 0.668. The number of fused-ring (bicyclic) bond motifs is 1. The van der Waals surface area contributed by atoms with Crippen molar-refractivity contribution in [1.29, 1.82) is 0 Å². The van der Waals surface area contributed by atoms with Gasteiger partial charge in [-0.25, -0.2) is 0 Å². The number of carbonyl (C=O) groups excluding carboxylic acids is 2. The van der Waals surface area contributed by atoms with Gasteiger partial charge in [0.25, 0.3) is 5.91 Å². The first-order chi connectivity index (χ1) is 18.6. The van der Waals surface area contributed by atoms with Gasteiger partial charge in [0.15, 0.2) is 0 Å². The molecule has 200 valence electrons. The highest BCUT2D eigenvalue weighted by Crippen LogP contribution is 2.24. The number of halogens is 1. The number of nitrogens with zero attached hydrogens (tertiary/aromatic N) is 2. The zero-order valence-corrected chi connectivity index (χ0v) is 23.7. The van der Waals surface area contributed by atoms with E-state index in [1.807, 2.05) is 83.5 Å². The maximum absolute atomic E-state index is 13.8. The molecule has 0 N–H and O–H groups in total. The lowest BCUT2D eigenvalue weighted by atomic mass is 10.0. The van der Waals surface area contributed by atoms with Crippen LogP contribution in [0.1, 0.15) is 54.1 Å². The second-order valence-electron chi connectivity index (χ2n) is 9.81. The Balaban J connectivity index is 1.65. The molecule has 3 aromatic carbocycles. The summed E-state index contributed by atoms with van der Waals surface area (Å²) in [4.78, 5) is 31.1. The molecular weight excluding hydrogens is 540 g/mol. The van der Waals surface area contributed by atoms with Gasteiger partial charge in [-0.05, 0) is 55.5 Å². The Kier molecular flexibility index (Phi) is 10.4. The lowest BCUT2D eigenvalue weighted by Gasteiger charge is -2.33. The van der Waals surface area contributed by atoms with Gasteiger partial charge in [0.05, 0.1) is 18.0 Å². The van der Waals surface area contributed by atoms with Crippen molar-refractivity contribution in [2.75, 3.05) is 26.2 Å². The molecule has 5 nitrogen and oxygen atoms in total. The minimum atomic E-state index is -0.166. The van der Waals surface area contributed by atoms with Crippen LogP contribution in [-0.2, 0) is 17.6 Å². The minimum absolute atomic E-state index is 0.00151. The highest BCUT2D eigenvalue weighted by Gasteiger charge is 2.27. The number of ether oxygens (including phenoxy) is 1. The Morgan fingerprint density at radius 2 is 1.58 bits per heavy atom. The van der Waals surface area contributed by atoms with Crippen LogP contribution in [0.3, 0.4) is 0 Å². The van der Waals surface area contributed by atoms with Crippen LogP contribution in [0.4, 0.5) is 0 Å². The first kappa shape index (κ1) is 27.9. The van der Waals surface area contributed by atoms with E-state index in [1.54, 1.807) is 0 Å². The van der Waals surface area contributed by atoms with E-state index in [9.17, 15) is 9.59 Å². The van der Waals surface area contributed by atoms with E-state index in [-0.39, 0.29) is 17.9 Å². The van der Waals surface area contributed by atoms with Gasteiger partial charge in [-0.2, -0.15) is 0 Å². The number of rotatable bonds is 5. The van der Waals surface area contributed by atoms with Gasteiger partial charge in [-0.15, -0.1) is 0 Å². The zero-order valence-electron chi connectivity index (χ0n) is 22.2. The molecule has 38 heavy (non-hydrogen) atoms. The summed E-state index contributed by atoms with van der Waals surface area (Å²) in [6.45, 7) is 4.41. The van der Waals surface area contributed by atoms with Gasteiger partial charge in [0.1, 0.15) is 12.4 Å². The van der Waals surface area contributed by atoms with E-state index in [0.29, 0.717) is 43.9 Å². The molecule has 2 amide bonds. The quantitative estimate of drug-likeness (QED) is 0.346. The van der Waals surface area contributed by atoms with Crippen molar-refractivity contribution < 1.29 is 14.3 Å². The molecule has 0 spiro atoms. The summed E-state index contributed by atoms with van der Waals surface area (Å²) in [7, 11) is 0. The second-order valence-corrected chi connectivity index (χ2v) is 10.7. The Morgan fingerprint density at radius 3 is 2.34 bits per heavy atom. The molecule has 0 aromatic heterocycles. The Labute approximate surface area is 234 Å². The molecule has 3 aromatic rings. The molecule has 6 heteroatoms. The van der Waals surface area contributed by atoms with E-state index in [1.165, 1.54) is 0 Å². The van der Waals surface area contributed by atoms with Crippen LogP contribution in [-0.4, -0.2) is 53.9 Å². The standard InChI is InChI=1S/C32H37BrN2O3/c1-2-34-20-12-3-4-13-21-35(31(36)23-26-16-8-10-18-29(26)33)27(22-25-14-6-5-7-15-25)24-38-30-19-11-9-17-28(30)32(34)37/h5-11,14-19,27H,2-4,12-13,20-24H2,1H3/t27-/m1/s1. The van der Waals surface area contributed by atoms with Crippen LogP contribution in [0.25, 0.3) is 0 Å². The van der Waals surface area contributed by atoms with Crippen LogP contribution in [0.15, 0.2) is 83.3 Å². The Hall–Kier alpha value is -3.12. The summed E-state index contributed by atoms with van der Waals surface area (Å²) in [5, 5.41) is 0. The molecule has 1 atom stereocenters. The van der Waals surface area contributed by atoms with Gasteiger partial charge >= 0.3 is 0 Å². The van der Waals surface area contributed by atoms with Gasteiger partial charge in [0.2, 0.25) is 5.91 Å². The Bertz CT molecular complexity index is 1200. The third-order valence-corrected chi connectivity index (χ3v) is 7.94. The number of para-hydroxylation sites is 1. The minimum Gasteiger partial charge on any atom is -0.491 e. The van der Waals surface area contributed by atoms with Crippen molar-refractivity contribution in [3.8, 4) is 5.75 Å². The van der Waals surface area contributed by atoms with Crippen LogP contribution in [0, 0.1) is 0 Å². The van der Waals surface area contributed by atoms with E-state index >= 15 is 0 Å². The zero-order chi connectivity index (χ0) is 26.7. The topological polar surface area (TPSA) is 49.9 Å². The van der Waals surface area contributed by atoms with Crippen molar-refractivity contribution in [1.82, 2.24) is 9.80 Å². The second kappa shape index (κ2) is 14.1. The van der Waals surface area contributed by atoms with Gasteiger partial charge < -0.3 is 14.5 Å². The molecule has 0 unspecified atom stereocenters. The number of carbonyl (C=O) groups is 2. The maximum atomic E-state index is 13.8. The van der Waals surface area contributed by atoms with Crippen molar-refractivity contribution in [2.24, 2.45) is 0 Å². The molecule has 0 saturated heterocycles. The predicted octanol–water partition coefficient (Wildman–Crippen LogP) is 6.55. The summed E-state index contributed by atoms with van der Waals surface area (Å²) >= 11 is 3.61. The SMILES string of the molecule is CCN1CCCCCCN(C(=O)Cc2ccccc2Br)[C@H](Cc2ccccc2)COc2ccccc2C1=O. The fourth-order valence-corrected chi connectivity index (χ4v) is 5.45. The number of amides is 2. The van der Waals surface area contributed by atoms with Gasteiger partial charge in [-0.1, -0.05) is 89.4 Å². The first-order valence-electron chi connectivity index (χ1n) is 13.6. The van der Waals surface area contributed by atoms with Gasteiger partial charge in [-0.3, -0.25) is 9.59 Å². The van der Waals surface area contributed by atoms with Crippen LogP contribution in [0.2, 0.25) is 0 Å². The lowest BCUT2D eigenvalue weighted by Crippen LogP contribution is -2.46. The van der Waals surface area contributed by atoms with Crippen molar-refractivity contribution in [3.63, 3.8) is 0 Å². The molecule has 1 heterocycles. The molecule has 0 bridgehead atoms. The highest BCUT2D eigenvalue weighted by molar-refractivity contribution is 9.10. The summed E-state index contributed by atoms with van der Waals surface area (Å²) in [6, 6.07) is 25.5. The largest absolute Gasteiger partial charge is 0.491 e. The van der Waals surface area contributed by atoms with Crippen LogP contribution < -0.4 is 4.74 Å². The summed E-state index contributed by atoms with van der Waals surface area (Å²) in [5.41, 5.74) is 2.71. The molecule has 0 radical (unpaired) electrons. The van der Waals surface area contributed by atoms with Crippen LogP contribution >= 0.6 is 15.9 Å². The molecule has 1 aliphatic rings. The fraction of sp³-hybridized carbons (Fsp3) is 0.375. The fourth-order valence-electron chi connectivity index (χ4n) is 5.03. The van der Waals surface area contributed by atoms with E-state index in [2.05, 4.69) is 28.1 Å². The monoisotopic (exact) mass is 576 g/mol. The third kappa shape index (κ3) is 7.47. The predicted molar refractivity (Wildman–Crippen MR) is 155 cm³/mol. The number of hydrogen-bond acceptors (Lipinski definition) is 3. The molecule has 4 rings (SSSR count). The van der Waals surface area contributed by atoms with Crippen molar-refractivity contribution >= 4 is 27.7 Å². The number of benzene rings is 3. The highest BCUT2D eigenvalue weighted by atomic mass is 79.9. The maximum Gasteiger partial charge on any atom is 0.257 e. The third-order valence-electron chi connectivity index (χ3n) is 7.17. The van der Waals surface area contributed by atoms with Crippen molar-refractivity contribution in [3.05, 3.63) is 100 Å². The van der Waals surface area contributed by atoms with E-state index in [0.717, 1.165) is 47.8 Å². The summed E-state index contributed by atoms with van der Waals surface area (Å²) < 4.78 is 7.33. The molecule has 0 aliphatic carbocycles. The van der Waals surface area contributed by atoms with Crippen LogP contribution in [0.5, 0.6) is 5.75 Å². The van der Waals surface area contributed by atoms with Crippen molar-refractivity contribution in [2.45, 2.75) is 51.5 Å². The van der Waals surface area contributed by atoms with E-state index < -0.39 is 0 Å². The molecular formula is C32H37BrN2O3. The molecule has 1 aliphatic heterocycles. The molecule has 0 fully saturated rings. The molecule has 0 saturated carbocycles. The number of hydrogen-bond donors (Lipinski definition) is 0. The van der Waals surface area contributed by atoms with Gasteiger partial charge in [0, 0.05) is 24.1 Å². The normalized spacial score (nSPS) is 17.3. The first-order valence-corrected chi connectivity index (χ1v) is 14.4. The average molecular weight is 578 g/mol. The Morgan fingerprint density at radius 1 is 0.895 bits per heavy atom. The lowest BCUT2D eigenvalue weighted by molar-refractivity contribution is -0.133. The average Bonchev–Trinajstić information content (AvgIpc) is 2.94. The smallest absolute Gasteiger partial charge is 0.257 e. The van der Waals surface area contributed by atoms with E-state index in [4.69, 9.17) is 4.74 Å².